The summed E-state index contributed by atoms with van der Waals surface area (Å²) in [4.78, 5) is 17.1. The van der Waals surface area contributed by atoms with Crippen molar-refractivity contribution in [3.8, 4) is 5.75 Å². The van der Waals surface area contributed by atoms with Gasteiger partial charge < -0.3 is 9.30 Å². The Balaban J connectivity index is 1.87. The van der Waals surface area contributed by atoms with Crippen LogP contribution in [0.25, 0.3) is 10.2 Å². The third-order valence-electron chi connectivity index (χ3n) is 3.62. The number of thiazole rings is 1. The van der Waals surface area contributed by atoms with Gasteiger partial charge in [0, 0.05) is 11.6 Å². The molecule has 0 aliphatic rings. The highest BCUT2D eigenvalue weighted by Gasteiger charge is 2.09. The number of hydrogen-bond acceptors (Lipinski definition) is 3. The Morgan fingerprint density at radius 1 is 1.31 bits per heavy atom. The van der Waals surface area contributed by atoms with E-state index in [2.05, 4.69) is 17.6 Å². The number of carbonyl (C=O) groups excluding carboxylic acids is 1. The van der Waals surface area contributed by atoms with Crippen LogP contribution in [0.4, 0.5) is 0 Å². The van der Waals surface area contributed by atoms with Crippen LogP contribution < -0.4 is 9.54 Å². The maximum Gasteiger partial charge on any atom is 0.286 e. The molecule has 0 atom stereocenters. The maximum absolute atomic E-state index is 12.3. The molecule has 3 aromatic rings. The molecule has 1 heterocycles. The van der Waals surface area contributed by atoms with Gasteiger partial charge in [-0.1, -0.05) is 46.7 Å². The van der Waals surface area contributed by atoms with E-state index in [1.165, 1.54) is 11.3 Å². The van der Waals surface area contributed by atoms with E-state index >= 15 is 0 Å². The summed E-state index contributed by atoms with van der Waals surface area (Å²) in [6.07, 6.45) is 1.78. The van der Waals surface area contributed by atoms with E-state index in [-0.39, 0.29) is 6.61 Å². The van der Waals surface area contributed by atoms with Crippen molar-refractivity contribution in [3.63, 3.8) is 0 Å². The van der Waals surface area contributed by atoms with E-state index in [4.69, 9.17) is 27.9 Å². The molecule has 7 heteroatoms. The monoisotopic (exact) mass is 406 g/mol. The van der Waals surface area contributed by atoms with E-state index in [9.17, 15) is 4.79 Å². The number of hydrogen-bond donors (Lipinski definition) is 0. The zero-order valence-corrected chi connectivity index (χ0v) is 16.4. The molecule has 4 nitrogen and oxygen atoms in total. The standard InChI is InChI=1S/C19H16Cl2N2O2S/c1-3-8-23-15-6-4-12(2)9-17(15)26-19(23)22-18(24)11-25-16-7-5-13(20)10-14(16)21/h3-7,9-10H,1,8,11H2,2H3. The molecule has 0 fully saturated rings. The molecule has 0 spiro atoms. The minimum Gasteiger partial charge on any atom is -0.482 e. The second kappa shape index (κ2) is 8.08. The number of amides is 1. The minimum absolute atomic E-state index is 0.206. The fourth-order valence-corrected chi connectivity index (χ4v) is 4.06. The number of ether oxygens (including phenoxy) is 1. The Hall–Kier alpha value is -2.08. The molecule has 1 amide bonds. The summed E-state index contributed by atoms with van der Waals surface area (Å²) in [5.74, 6) is 0.00246. The average Bonchev–Trinajstić information content (AvgIpc) is 2.91. The van der Waals surface area contributed by atoms with Crippen LogP contribution in [-0.2, 0) is 11.3 Å². The summed E-state index contributed by atoms with van der Waals surface area (Å²) in [7, 11) is 0. The van der Waals surface area contributed by atoms with Crippen molar-refractivity contribution in [2.75, 3.05) is 6.61 Å². The topological polar surface area (TPSA) is 43.6 Å². The Labute approximate surface area is 165 Å². The quantitative estimate of drug-likeness (QED) is 0.558. The molecule has 0 aliphatic heterocycles. The third kappa shape index (κ3) is 4.18. The fourth-order valence-electron chi connectivity index (χ4n) is 2.44. The van der Waals surface area contributed by atoms with Crippen molar-refractivity contribution in [1.82, 2.24) is 4.57 Å². The van der Waals surface area contributed by atoms with Crippen LogP contribution in [0.3, 0.4) is 0 Å². The van der Waals surface area contributed by atoms with Crippen molar-refractivity contribution in [2.45, 2.75) is 13.5 Å². The number of carbonyl (C=O) groups is 1. The summed E-state index contributed by atoms with van der Waals surface area (Å²) in [5.41, 5.74) is 2.18. The lowest BCUT2D eigenvalue weighted by molar-refractivity contribution is -0.120. The highest BCUT2D eigenvalue weighted by Crippen LogP contribution is 2.27. The van der Waals surface area contributed by atoms with Gasteiger partial charge in [-0.05, 0) is 42.8 Å². The van der Waals surface area contributed by atoms with Crippen molar-refractivity contribution in [3.05, 3.63) is 69.5 Å². The maximum atomic E-state index is 12.3. The van der Waals surface area contributed by atoms with Crippen molar-refractivity contribution < 1.29 is 9.53 Å². The van der Waals surface area contributed by atoms with Gasteiger partial charge in [-0.25, -0.2) is 0 Å². The molecule has 2 aromatic carbocycles. The largest absolute Gasteiger partial charge is 0.482 e. The van der Waals surface area contributed by atoms with Gasteiger partial charge in [0.05, 0.1) is 15.2 Å². The van der Waals surface area contributed by atoms with E-state index in [0.717, 1.165) is 15.8 Å². The molecule has 0 unspecified atom stereocenters. The van der Waals surface area contributed by atoms with Crippen LogP contribution in [-0.4, -0.2) is 17.1 Å². The summed E-state index contributed by atoms with van der Waals surface area (Å²) in [6.45, 7) is 6.17. The first kappa shape index (κ1) is 18.7. The first-order valence-corrected chi connectivity index (χ1v) is 9.41. The first-order valence-electron chi connectivity index (χ1n) is 7.84. The Morgan fingerprint density at radius 2 is 2.12 bits per heavy atom. The molecule has 1 aromatic heterocycles. The highest BCUT2D eigenvalue weighted by atomic mass is 35.5. The fraction of sp³-hybridized carbons (Fsp3) is 0.158. The van der Waals surface area contributed by atoms with Crippen molar-refractivity contribution in [2.24, 2.45) is 4.99 Å². The lowest BCUT2D eigenvalue weighted by atomic mass is 10.2. The average molecular weight is 407 g/mol. The molecule has 26 heavy (non-hydrogen) atoms. The molecule has 0 N–H and O–H groups in total. The highest BCUT2D eigenvalue weighted by molar-refractivity contribution is 7.16. The number of fused-ring (bicyclic) bond motifs is 1. The number of aryl methyl sites for hydroxylation is 1. The van der Waals surface area contributed by atoms with Gasteiger partial charge >= 0.3 is 0 Å². The van der Waals surface area contributed by atoms with Gasteiger partial charge in [-0.15, -0.1) is 6.58 Å². The number of nitrogens with zero attached hydrogens (tertiary/aromatic N) is 2. The van der Waals surface area contributed by atoms with E-state index < -0.39 is 5.91 Å². The van der Waals surface area contributed by atoms with Crippen LogP contribution in [0, 0.1) is 6.92 Å². The number of rotatable bonds is 5. The van der Waals surface area contributed by atoms with E-state index in [1.807, 2.05) is 23.6 Å². The predicted molar refractivity (Wildman–Crippen MR) is 107 cm³/mol. The van der Waals surface area contributed by atoms with Gasteiger partial charge in [0.1, 0.15) is 5.75 Å². The molecule has 3 rings (SSSR count). The van der Waals surface area contributed by atoms with E-state index in [0.29, 0.717) is 27.1 Å². The van der Waals surface area contributed by atoms with Gasteiger partial charge in [0.25, 0.3) is 5.91 Å². The van der Waals surface area contributed by atoms with Crippen LogP contribution in [0.15, 0.2) is 54.0 Å². The second-order valence-electron chi connectivity index (χ2n) is 5.62. The Bertz CT molecular complexity index is 1050. The normalized spacial score (nSPS) is 11.7. The first-order chi connectivity index (χ1) is 12.5. The zero-order chi connectivity index (χ0) is 18.7. The van der Waals surface area contributed by atoms with Crippen LogP contribution >= 0.6 is 34.5 Å². The SMILES string of the molecule is C=CCn1c(=NC(=O)COc2ccc(Cl)cc2Cl)sc2cc(C)ccc21. The van der Waals surface area contributed by atoms with Crippen LogP contribution in [0.1, 0.15) is 5.56 Å². The number of aromatic nitrogens is 1. The Kier molecular flexibility index (Phi) is 5.81. The number of benzene rings is 2. The van der Waals surface area contributed by atoms with Crippen LogP contribution in [0.5, 0.6) is 5.75 Å². The Morgan fingerprint density at radius 3 is 2.85 bits per heavy atom. The van der Waals surface area contributed by atoms with Gasteiger partial charge in [0.2, 0.25) is 0 Å². The van der Waals surface area contributed by atoms with Gasteiger partial charge in [-0.3, -0.25) is 4.79 Å². The third-order valence-corrected chi connectivity index (χ3v) is 5.19. The van der Waals surface area contributed by atoms with Gasteiger partial charge in [0.15, 0.2) is 11.4 Å². The molecule has 134 valence electrons. The molecule has 0 saturated heterocycles. The summed E-state index contributed by atoms with van der Waals surface area (Å²) in [5, 5.41) is 0.855. The molecule has 0 aliphatic carbocycles. The van der Waals surface area contributed by atoms with Gasteiger partial charge in [-0.2, -0.15) is 4.99 Å². The van der Waals surface area contributed by atoms with Crippen molar-refractivity contribution >= 4 is 50.7 Å². The molecular weight excluding hydrogens is 391 g/mol. The summed E-state index contributed by atoms with van der Waals surface area (Å²) >= 11 is 13.4. The zero-order valence-electron chi connectivity index (χ0n) is 14.0. The minimum atomic E-state index is -0.392. The smallest absolute Gasteiger partial charge is 0.286 e. The molecular formula is C19H16Cl2N2O2S. The number of halogens is 2. The number of allylic oxidation sites excluding steroid dienone is 1. The lowest BCUT2D eigenvalue weighted by Gasteiger charge is -2.05. The van der Waals surface area contributed by atoms with E-state index in [1.54, 1.807) is 24.3 Å². The molecule has 0 radical (unpaired) electrons. The predicted octanol–water partition coefficient (Wildman–Crippen LogP) is 5.01. The summed E-state index contributed by atoms with van der Waals surface area (Å²) < 4.78 is 8.49. The molecule has 0 bridgehead atoms. The van der Waals surface area contributed by atoms with Crippen molar-refractivity contribution in [1.29, 1.82) is 0 Å². The second-order valence-corrected chi connectivity index (χ2v) is 7.48. The molecule has 0 saturated carbocycles. The van der Waals surface area contributed by atoms with Crippen LogP contribution in [0.2, 0.25) is 10.0 Å². The summed E-state index contributed by atoms with van der Waals surface area (Å²) in [6, 6.07) is 11.0. The lowest BCUT2D eigenvalue weighted by Crippen LogP contribution is -2.19.